The van der Waals surface area contributed by atoms with Crippen LogP contribution in [0.5, 0.6) is 0 Å². The highest BCUT2D eigenvalue weighted by atomic mass is 35.5. The van der Waals surface area contributed by atoms with Crippen molar-refractivity contribution in [3.05, 3.63) is 51.8 Å². The highest BCUT2D eigenvalue weighted by Gasteiger charge is 2.12. The molecule has 0 amide bonds. The zero-order valence-corrected chi connectivity index (χ0v) is 14.7. The SMILES string of the molecule is C=C(NCCC)c1cc2ccc(Cl)cc2n(CCCCC)c1=O. The van der Waals surface area contributed by atoms with Gasteiger partial charge in [0, 0.05) is 23.8 Å². The van der Waals surface area contributed by atoms with E-state index in [2.05, 4.69) is 25.7 Å². The topological polar surface area (TPSA) is 34.0 Å². The second kappa shape index (κ2) is 8.21. The molecule has 0 saturated heterocycles. The molecule has 0 radical (unpaired) electrons. The van der Waals surface area contributed by atoms with E-state index in [4.69, 9.17) is 11.6 Å². The Labute approximate surface area is 143 Å². The molecule has 0 bridgehead atoms. The molecule has 4 heteroatoms. The van der Waals surface area contributed by atoms with Gasteiger partial charge in [0.15, 0.2) is 0 Å². The summed E-state index contributed by atoms with van der Waals surface area (Å²) in [7, 11) is 0. The Bertz CT molecular complexity index is 749. The molecule has 0 spiro atoms. The Kier molecular flexibility index (Phi) is 6.28. The van der Waals surface area contributed by atoms with Crippen molar-refractivity contribution >= 4 is 28.2 Å². The maximum absolute atomic E-state index is 12.9. The molecule has 0 saturated carbocycles. The van der Waals surface area contributed by atoms with Crippen LogP contribution < -0.4 is 10.9 Å². The first-order valence-electron chi connectivity index (χ1n) is 8.34. The smallest absolute Gasteiger partial charge is 0.260 e. The second-order valence-electron chi connectivity index (χ2n) is 5.83. The van der Waals surface area contributed by atoms with Crippen LogP contribution in [-0.2, 0) is 6.54 Å². The summed E-state index contributed by atoms with van der Waals surface area (Å²) in [4.78, 5) is 12.9. The van der Waals surface area contributed by atoms with Crippen molar-refractivity contribution in [2.45, 2.75) is 46.1 Å². The second-order valence-corrected chi connectivity index (χ2v) is 6.27. The van der Waals surface area contributed by atoms with E-state index in [0.717, 1.165) is 43.1 Å². The molecule has 0 fully saturated rings. The zero-order chi connectivity index (χ0) is 16.8. The number of aryl methyl sites for hydroxylation is 1. The summed E-state index contributed by atoms with van der Waals surface area (Å²) < 4.78 is 1.84. The Morgan fingerprint density at radius 3 is 2.70 bits per heavy atom. The van der Waals surface area contributed by atoms with Gasteiger partial charge in [-0.3, -0.25) is 4.79 Å². The van der Waals surface area contributed by atoms with Crippen molar-refractivity contribution < 1.29 is 0 Å². The van der Waals surface area contributed by atoms with Crippen LogP contribution in [-0.4, -0.2) is 11.1 Å². The van der Waals surface area contributed by atoms with Crippen LogP contribution in [0, 0.1) is 0 Å². The Morgan fingerprint density at radius 2 is 2.00 bits per heavy atom. The van der Waals surface area contributed by atoms with E-state index < -0.39 is 0 Å². The molecule has 0 aliphatic carbocycles. The van der Waals surface area contributed by atoms with Crippen molar-refractivity contribution in [3.63, 3.8) is 0 Å². The van der Waals surface area contributed by atoms with Gasteiger partial charge >= 0.3 is 0 Å². The molecule has 1 aromatic carbocycles. The molecule has 3 nitrogen and oxygen atoms in total. The van der Waals surface area contributed by atoms with Crippen LogP contribution in [0.15, 0.2) is 35.6 Å². The highest BCUT2D eigenvalue weighted by molar-refractivity contribution is 6.31. The summed E-state index contributed by atoms with van der Waals surface area (Å²) in [5, 5.41) is 4.89. The van der Waals surface area contributed by atoms with Crippen molar-refractivity contribution in [1.29, 1.82) is 0 Å². The quantitative estimate of drug-likeness (QED) is 0.703. The van der Waals surface area contributed by atoms with Crippen molar-refractivity contribution in [3.8, 4) is 0 Å². The van der Waals surface area contributed by atoms with Gasteiger partial charge in [-0.25, -0.2) is 0 Å². The molecular formula is C19H25ClN2O. The normalized spacial score (nSPS) is 10.9. The molecule has 23 heavy (non-hydrogen) atoms. The molecule has 0 aliphatic heterocycles. The number of pyridine rings is 1. The first-order chi connectivity index (χ1) is 11.1. The third-order valence-corrected chi connectivity index (χ3v) is 4.19. The summed E-state index contributed by atoms with van der Waals surface area (Å²) in [6.45, 7) is 9.80. The minimum absolute atomic E-state index is 0.00414. The van der Waals surface area contributed by atoms with E-state index >= 15 is 0 Å². The van der Waals surface area contributed by atoms with Crippen LogP contribution in [0.1, 0.15) is 45.1 Å². The molecular weight excluding hydrogens is 308 g/mol. The lowest BCUT2D eigenvalue weighted by atomic mass is 10.1. The first kappa shape index (κ1) is 17.6. The summed E-state index contributed by atoms with van der Waals surface area (Å²) in [5.74, 6) is 0. The standard InChI is InChI=1S/C19H25ClN2O/c1-4-6-7-11-22-18-13-16(20)9-8-15(18)12-17(19(22)23)14(3)21-10-5-2/h8-9,12-13,21H,3-7,10-11H2,1-2H3. The Morgan fingerprint density at radius 1 is 1.22 bits per heavy atom. The van der Waals surface area contributed by atoms with Crippen LogP contribution in [0.4, 0.5) is 0 Å². The van der Waals surface area contributed by atoms with E-state index in [0.29, 0.717) is 22.8 Å². The molecule has 0 unspecified atom stereocenters. The number of unbranched alkanes of at least 4 members (excludes halogenated alkanes) is 2. The van der Waals surface area contributed by atoms with Gasteiger partial charge in [0.1, 0.15) is 0 Å². The van der Waals surface area contributed by atoms with Crippen LogP contribution in [0.2, 0.25) is 5.02 Å². The van der Waals surface area contributed by atoms with Crippen LogP contribution in [0.25, 0.3) is 16.6 Å². The third kappa shape index (κ3) is 4.17. The maximum Gasteiger partial charge on any atom is 0.260 e. The first-order valence-corrected chi connectivity index (χ1v) is 8.72. The van der Waals surface area contributed by atoms with Crippen molar-refractivity contribution in [1.82, 2.24) is 9.88 Å². The fourth-order valence-electron chi connectivity index (χ4n) is 2.67. The molecule has 1 heterocycles. The van der Waals surface area contributed by atoms with Gasteiger partial charge < -0.3 is 9.88 Å². The minimum Gasteiger partial charge on any atom is -0.385 e. The van der Waals surface area contributed by atoms with Gasteiger partial charge in [0.2, 0.25) is 0 Å². The van der Waals surface area contributed by atoms with Gasteiger partial charge in [0.05, 0.1) is 11.1 Å². The van der Waals surface area contributed by atoms with E-state index in [1.807, 2.05) is 28.8 Å². The van der Waals surface area contributed by atoms with Gasteiger partial charge in [-0.2, -0.15) is 0 Å². The predicted molar refractivity (Wildman–Crippen MR) is 100 cm³/mol. The fraction of sp³-hybridized carbons (Fsp3) is 0.421. The number of halogens is 1. The average molecular weight is 333 g/mol. The van der Waals surface area contributed by atoms with Gasteiger partial charge in [0.25, 0.3) is 5.56 Å². The average Bonchev–Trinajstić information content (AvgIpc) is 2.54. The van der Waals surface area contributed by atoms with Gasteiger partial charge in [-0.05, 0) is 36.4 Å². The number of benzene rings is 1. The lowest BCUT2D eigenvalue weighted by Gasteiger charge is -2.15. The van der Waals surface area contributed by atoms with Crippen molar-refractivity contribution in [2.75, 3.05) is 6.54 Å². The van der Waals surface area contributed by atoms with Gasteiger partial charge in [-0.15, -0.1) is 0 Å². The van der Waals surface area contributed by atoms with Crippen molar-refractivity contribution in [2.24, 2.45) is 0 Å². The highest BCUT2D eigenvalue weighted by Crippen LogP contribution is 2.21. The largest absolute Gasteiger partial charge is 0.385 e. The molecule has 0 aliphatic rings. The predicted octanol–water partition coefficient (Wildman–Crippen LogP) is 4.82. The summed E-state index contributed by atoms with van der Waals surface area (Å²) in [5.41, 5.74) is 2.23. The summed E-state index contributed by atoms with van der Waals surface area (Å²) in [6.07, 6.45) is 4.20. The number of rotatable bonds is 8. The lowest BCUT2D eigenvalue weighted by Crippen LogP contribution is -2.27. The number of hydrogen-bond acceptors (Lipinski definition) is 2. The zero-order valence-electron chi connectivity index (χ0n) is 14.0. The number of hydrogen-bond donors (Lipinski definition) is 1. The Balaban J connectivity index is 2.52. The maximum atomic E-state index is 12.9. The number of nitrogens with zero attached hydrogens (tertiary/aromatic N) is 1. The molecule has 1 N–H and O–H groups in total. The third-order valence-electron chi connectivity index (χ3n) is 3.96. The van der Waals surface area contributed by atoms with E-state index in [-0.39, 0.29) is 5.56 Å². The van der Waals surface area contributed by atoms with Gasteiger partial charge in [-0.1, -0.05) is 50.9 Å². The van der Waals surface area contributed by atoms with E-state index in [1.165, 1.54) is 0 Å². The minimum atomic E-state index is 0.00414. The monoisotopic (exact) mass is 332 g/mol. The number of fused-ring (bicyclic) bond motifs is 1. The van der Waals surface area contributed by atoms with E-state index in [1.54, 1.807) is 0 Å². The number of aromatic nitrogens is 1. The lowest BCUT2D eigenvalue weighted by molar-refractivity contribution is 0.601. The molecule has 124 valence electrons. The molecule has 2 aromatic rings. The molecule has 2 rings (SSSR count). The Hall–Kier alpha value is -1.74. The summed E-state index contributed by atoms with van der Waals surface area (Å²) in [6, 6.07) is 7.60. The molecule has 1 aromatic heterocycles. The molecule has 0 atom stereocenters. The summed E-state index contributed by atoms with van der Waals surface area (Å²) >= 11 is 6.13. The number of nitrogens with one attached hydrogen (secondary N) is 1. The van der Waals surface area contributed by atoms with Crippen LogP contribution >= 0.6 is 11.6 Å². The van der Waals surface area contributed by atoms with E-state index in [9.17, 15) is 4.79 Å². The fourth-order valence-corrected chi connectivity index (χ4v) is 2.84. The van der Waals surface area contributed by atoms with Crippen LogP contribution in [0.3, 0.4) is 0 Å².